The molecule has 1 heterocycles. The van der Waals surface area contributed by atoms with Crippen molar-refractivity contribution in [1.29, 1.82) is 0 Å². The minimum absolute atomic E-state index is 0.105. The summed E-state index contributed by atoms with van der Waals surface area (Å²) in [4.78, 5) is 16.3. The lowest BCUT2D eigenvalue weighted by molar-refractivity contribution is 0.0371. The lowest BCUT2D eigenvalue weighted by Crippen LogP contribution is -2.42. The average molecular weight is 473 g/mol. The van der Waals surface area contributed by atoms with Crippen LogP contribution in [0.5, 0.6) is 5.75 Å². The molecule has 2 atom stereocenters. The SMILES string of the molecule is CC(C)(C)NCC(O)COc1ccccc1C(OC(=O)c1ccccc1)c1cccc2[nH]ccc12. The van der Waals surface area contributed by atoms with Gasteiger partial charge in [-0.05, 0) is 51.1 Å². The summed E-state index contributed by atoms with van der Waals surface area (Å²) in [7, 11) is 0. The predicted molar refractivity (Wildman–Crippen MR) is 138 cm³/mol. The third-order valence-corrected chi connectivity index (χ3v) is 5.65. The fraction of sp³-hybridized carbons (Fsp3) is 0.276. The van der Waals surface area contributed by atoms with E-state index in [2.05, 4.69) is 10.3 Å². The first-order chi connectivity index (χ1) is 16.8. The fourth-order valence-corrected chi connectivity index (χ4v) is 3.88. The Morgan fingerprint density at radius 2 is 1.66 bits per heavy atom. The van der Waals surface area contributed by atoms with Gasteiger partial charge in [0, 0.05) is 40.3 Å². The van der Waals surface area contributed by atoms with E-state index in [-0.39, 0.29) is 12.1 Å². The summed E-state index contributed by atoms with van der Waals surface area (Å²) in [6, 6.07) is 24.3. The number of hydrogen-bond acceptors (Lipinski definition) is 5. The zero-order chi connectivity index (χ0) is 24.8. The molecule has 0 spiro atoms. The van der Waals surface area contributed by atoms with Gasteiger partial charge in [0.2, 0.25) is 0 Å². The highest BCUT2D eigenvalue weighted by atomic mass is 16.5. The van der Waals surface area contributed by atoms with Gasteiger partial charge in [-0.2, -0.15) is 0 Å². The summed E-state index contributed by atoms with van der Waals surface area (Å²) in [6.45, 7) is 6.64. The Bertz CT molecular complexity index is 1260. The molecule has 0 fully saturated rings. The Morgan fingerprint density at radius 1 is 0.943 bits per heavy atom. The Morgan fingerprint density at radius 3 is 2.43 bits per heavy atom. The van der Waals surface area contributed by atoms with Crippen molar-refractivity contribution in [2.75, 3.05) is 13.2 Å². The highest BCUT2D eigenvalue weighted by Gasteiger charge is 2.26. The molecule has 0 radical (unpaired) electrons. The number of nitrogens with one attached hydrogen (secondary N) is 2. The molecule has 0 saturated heterocycles. The number of aromatic amines is 1. The Hall–Kier alpha value is -3.61. The summed E-state index contributed by atoms with van der Waals surface area (Å²) in [5.74, 6) is 0.132. The van der Waals surface area contributed by atoms with Crippen LogP contribution in [-0.2, 0) is 4.74 Å². The van der Waals surface area contributed by atoms with Crippen molar-refractivity contribution in [1.82, 2.24) is 10.3 Å². The van der Waals surface area contributed by atoms with E-state index in [1.807, 2.05) is 93.7 Å². The maximum absolute atomic E-state index is 13.1. The molecule has 0 saturated carbocycles. The van der Waals surface area contributed by atoms with Gasteiger partial charge in [-0.3, -0.25) is 0 Å². The van der Waals surface area contributed by atoms with Gasteiger partial charge in [0.1, 0.15) is 18.5 Å². The van der Waals surface area contributed by atoms with E-state index in [0.29, 0.717) is 23.4 Å². The minimum atomic E-state index is -0.705. The molecule has 3 aromatic carbocycles. The molecular formula is C29H32N2O4. The van der Waals surface area contributed by atoms with Crippen LogP contribution >= 0.6 is 0 Å². The molecule has 0 aliphatic heterocycles. The van der Waals surface area contributed by atoms with Gasteiger partial charge < -0.3 is 24.9 Å². The van der Waals surface area contributed by atoms with E-state index >= 15 is 0 Å². The number of β-amino-alcohol motifs (C(OH)–C–C–N with tert-alkyl or cyclic N) is 1. The molecule has 0 amide bonds. The van der Waals surface area contributed by atoms with Gasteiger partial charge in [-0.1, -0.05) is 48.5 Å². The Kier molecular flexibility index (Phi) is 7.54. The van der Waals surface area contributed by atoms with Gasteiger partial charge in [0.15, 0.2) is 6.10 Å². The third-order valence-electron chi connectivity index (χ3n) is 5.65. The minimum Gasteiger partial charge on any atom is -0.490 e. The lowest BCUT2D eigenvalue weighted by Gasteiger charge is -2.24. The smallest absolute Gasteiger partial charge is 0.339 e. The molecule has 1 aromatic heterocycles. The maximum atomic E-state index is 13.1. The zero-order valence-corrected chi connectivity index (χ0v) is 20.3. The molecule has 2 unspecified atom stereocenters. The molecule has 35 heavy (non-hydrogen) atoms. The Balaban J connectivity index is 1.65. The molecule has 0 aliphatic carbocycles. The molecule has 4 rings (SSSR count). The van der Waals surface area contributed by atoms with Gasteiger partial charge >= 0.3 is 5.97 Å². The zero-order valence-electron chi connectivity index (χ0n) is 20.3. The highest BCUT2D eigenvalue weighted by molar-refractivity contribution is 5.90. The number of carbonyl (C=O) groups excluding carboxylic acids is 1. The number of fused-ring (bicyclic) bond motifs is 1. The molecule has 4 aromatic rings. The number of hydrogen-bond donors (Lipinski definition) is 3. The number of ether oxygens (including phenoxy) is 2. The summed E-state index contributed by atoms with van der Waals surface area (Å²) in [5.41, 5.74) is 2.87. The van der Waals surface area contributed by atoms with E-state index in [1.54, 1.807) is 12.1 Å². The summed E-state index contributed by atoms with van der Waals surface area (Å²) in [6.07, 6.45) is 0.467. The third kappa shape index (κ3) is 6.29. The highest BCUT2D eigenvalue weighted by Crippen LogP contribution is 2.37. The number of benzene rings is 3. The van der Waals surface area contributed by atoms with E-state index < -0.39 is 18.2 Å². The number of carbonyl (C=O) groups is 1. The van der Waals surface area contributed by atoms with Crippen LogP contribution in [0.4, 0.5) is 0 Å². The quantitative estimate of drug-likeness (QED) is 0.290. The number of aromatic nitrogens is 1. The molecule has 0 aliphatic rings. The van der Waals surface area contributed by atoms with Crippen molar-refractivity contribution in [2.45, 2.75) is 38.5 Å². The van der Waals surface area contributed by atoms with Crippen molar-refractivity contribution in [3.63, 3.8) is 0 Å². The van der Waals surface area contributed by atoms with E-state index in [1.165, 1.54) is 0 Å². The second-order valence-corrected chi connectivity index (χ2v) is 9.57. The van der Waals surface area contributed by atoms with Crippen LogP contribution in [0.1, 0.15) is 48.4 Å². The van der Waals surface area contributed by atoms with Crippen LogP contribution < -0.4 is 10.1 Å². The Labute approximate surface area is 205 Å². The predicted octanol–water partition coefficient (Wildman–Crippen LogP) is 5.24. The van der Waals surface area contributed by atoms with Crippen molar-refractivity contribution in [3.8, 4) is 5.75 Å². The largest absolute Gasteiger partial charge is 0.490 e. The second kappa shape index (κ2) is 10.8. The second-order valence-electron chi connectivity index (χ2n) is 9.57. The normalized spacial score (nSPS) is 13.4. The monoisotopic (exact) mass is 472 g/mol. The first kappa shape index (κ1) is 24.5. The average Bonchev–Trinajstić information content (AvgIpc) is 3.34. The molecule has 3 N–H and O–H groups in total. The summed E-state index contributed by atoms with van der Waals surface area (Å²) in [5, 5.41) is 14.7. The number of esters is 1. The molecule has 6 nitrogen and oxygen atoms in total. The standard InChI is InChI=1S/C29H32N2O4/c1-29(2,3)31-18-21(32)19-34-26-15-8-7-12-24(26)27(35-28(33)20-10-5-4-6-11-20)23-13-9-14-25-22(23)16-17-30-25/h4-17,21,27,30-32H,18-19H2,1-3H3. The van der Waals surface area contributed by atoms with Crippen molar-refractivity contribution < 1.29 is 19.4 Å². The van der Waals surface area contributed by atoms with Crippen LogP contribution in [0.25, 0.3) is 10.9 Å². The number of aliphatic hydroxyl groups excluding tert-OH is 1. The van der Waals surface area contributed by atoms with Gasteiger partial charge in [-0.25, -0.2) is 4.79 Å². The molecular weight excluding hydrogens is 440 g/mol. The van der Waals surface area contributed by atoms with Crippen molar-refractivity contribution in [3.05, 3.63) is 102 Å². The first-order valence-electron chi connectivity index (χ1n) is 11.8. The van der Waals surface area contributed by atoms with Crippen LogP contribution in [0, 0.1) is 0 Å². The maximum Gasteiger partial charge on any atom is 0.339 e. The summed E-state index contributed by atoms with van der Waals surface area (Å²) < 4.78 is 12.2. The number of aliphatic hydroxyl groups is 1. The number of H-pyrrole nitrogens is 1. The van der Waals surface area contributed by atoms with E-state index in [0.717, 1.165) is 16.5 Å². The molecule has 6 heteroatoms. The van der Waals surface area contributed by atoms with Crippen LogP contribution in [0.3, 0.4) is 0 Å². The first-order valence-corrected chi connectivity index (χ1v) is 11.8. The summed E-state index contributed by atoms with van der Waals surface area (Å²) >= 11 is 0. The van der Waals surface area contributed by atoms with E-state index in [9.17, 15) is 9.90 Å². The fourth-order valence-electron chi connectivity index (χ4n) is 3.88. The topological polar surface area (TPSA) is 83.6 Å². The van der Waals surface area contributed by atoms with Crippen LogP contribution in [0.15, 0.2) is 85.1 Å². The van der Waals surface area contributed by atoms with Crippen molar-refractivity contribution in [2.24, 2.45) is 0 Å². The number of rotatable bonds is 9. The van der Waals surface area contributed by atoms with E-state index in [4.69, 9.17) is 9.47 Å². The lowest BCUT2D eigenvalue weighted by atomic mass is 9.97. The number of para-hydroxylation sites is 1. The van der Waals surface area contributed by atoms with Crippen molar-refractivity contribution >= 4 is 16.9 Å². The van der Waals surface area contributed by atoms with Gasteiger partial charge in [0.05, 0.1) is 5.56 Å². The van der Waals surface area contributed by atoms with Gasteiger partial charge in [0.25, 0.3) is 0 Å². The molecule has 182 valence electrons. The molecule has 0 bridgehead atoms. The van der Waals surface area contributed by atoms with Gasteiger partial charge in [-0.15, -0.1) is 0 Å². The van der Waals surface area contributed by atoms with Crippen LogP contribution in [-0.4, -0.2) is 40.9 Å². The van der Waals surface area contributed by atoms with Crippen LogP contribution in [0.2, 0.25) is 0 Å².